The molecule has 168 valence electrons. The second-order valence-electron chi connectivity index (χ2n) is 8.16. The Morgan fingerprint density at radius 2 is 1.09 bits per heavy atom. The number of ether oxygens (including phenoxy) is 2. The van der Waals surface area contributed by atoms with Crippen LogP contribution in [0.4, 0.5) is 0 Å². The highest BCUT2D eigenvalue weighted by atomic mass is 16.5. The highest BCUT2D eigenvalue weighted by Crippen LogP contribution is 2.25. The molecule has 32 heavy (non-hydrogen) atoms. The first-order valence-corrected chi connectivity index (χ1v) is 11.3. The van der Waals surface area contributed by atoms with Gasteiger partial charge in [0.2, 0.25) is 0 Å². The summed E-state index contributed by atoms with van der Waals surface area (Å²) in [4.78, 5) is 5.21. The molecule has 0 aliphatic carbocycles. The van der Waals surface area contributed by atoms with Gasteiger partial charge in [0.25, 0.3) is 0 Å². The molecule has 1 aliphatic rings. The fourth-order valence-electron chi connectivity index (χ4n) is 4.31. The molecule has 2 aromatic carbocycles. The van der Waals surface area contributed by atoms with Crippen molar-refractivity contribution in [3.8, 4) is 23.6 Å². The topological polar surface area (TPSA) is 72.5 Å². The van der Waals surface area contributed by atoms with Crippen LogP contribution < -0.4 is 9.47 Å². The van der Waals surface area contributed by atoms with Crippen molar-refractivity contribution in [2.45, 2.75) is 51.9 Å². The number of benzene rings is 2. The van der Waals surface area contributed by atoms with Crippen molar-refractivity contribution in [1.29, 1.82) is 10.5 Å². The largest absolute Gasteiger partial charge is 0.479 e. The molecule has 6 nitrogen and oxygen atoms in total. The maximum atomic E-state index is 8.66. The van der Waals surface area contributed by atoms with E-state index in [0.29, 0.717) is 12.1 Å². The SMILES string of the molecule is CCC1CN(Cc2ccc(OCC#N)cc2)C(CC)CN1Cc1ccc(OCC#N)cc1. The van der Waals surface area contributed by atoms with Gasteiger partial charge in [-0.05, 0) is 48.2 Å². The second-order valence-corrected chi connectivity index (χ2v) is 8.16. The van der Waals surface area contributed by atoms with Crippen molar-refractivity contribution in [2.75, 3.05) is 26.3 Å². The van der Waals surface area contributed by atoms with Crippen LogP contribution in [0.25, 0.3) is 0 Å². The highest BCUT2D eigenvalue weighted by molar-refractivity contribution is 5.28. The van der Waals surface area contributed by atoms with Crippen LogP contribution >= 0.6 is 0 Å². The Balaban J connectivity index is 1.62. The van der Waals surface area contributed by atoms with Gasteiger partial charge in [0.15, 0.2) is 13.2 Å². The Morgan fingerprint density at radius 1 is 0.719 bits per heavy atom. The molecule has 0 saturated carbocycles. The van der Waals surface area contributed by atoms with Crippen molar-refractivity contribution in [3.05, 3.63) is 59.7 Å². The summed E-state index contributed by atoms with van der Waals surface area (Å²) >= 11 is 0. The van der Waals surface area contributed by atoms with Crippen LogP contribution in [0, 0.1) is 22.7 Å². The van der Waals surface area contributed by atoms with Crippen molar-refractivity contribution < 1.29 is 9.47 Å². The van der Waals surface area contributed by atoms with Crippen LogP contribution in [0.1, 0.15) is 37.8 Å². The molecule has 1 saturated heterocycles. The lowest BCUT2D eigenvalue weighted by Crippen LogP contribution is -2.57. The average molecular weight is 433 g/mol. The van der Waals surface area contributed by atoms with Gasteiger partial charge in [-0.15, -0.1) is 0 Å². The van der Waals surface area contributed by atoms with E-state index < -0.39 is 0 Å². The van der Waals surface area contributed by atoms with Gasteiger partial charge in [0, 0.05) is 38.3 Å². The Morgan fingerprint density at radius 3 is 1.41 bits per heavy atom. The molecule has 2 aromatic rings. The van der Waals surface area contributed by atoms with Crippen molar-refractivity contribution >= 4 is 0 Å². The maximum Gasteiger partial charge on any atom is 0.174 e. The highest BCUT2D eigenvalue weighted by Gasteiger charge is 2.31. The third kappa shape index (κ3) is 6.47. The number of hydrogen-bond donors (Lipinski definition) is 0. The average Bonchev–Trinajstić information content (AvgIpc) is 2.83. The first kappa shape index (κ1) is 23.6. The molecule has 0 spiro atoms. The van der Waals surface area contributed by atoms with E-state index in [0.717, 1.165) is 50.5 Å². The van der Waals surface area contributed by atoms with Gasteiger partial charge in [0.05, 0.1) is 0 Å². The van der Waals surface area contributed by atoms with E-state index in [2.05, 4.69) is 47.9 Å². The number of nitriles is 2. The molecule has 1 aliphatic heterocycles. The summed E-state index contributed by atoms with van der Waals surface area (Å²) in [5, 5.41) is 17.3. The maximum absolute atomic E-state index is 8.66. The van der Waals surface area contributed by atoms with Crippen LogP contribution in [-0.4, -0.2) is 48.2 Å². The van der Waals surface area contributed by atoms with E-state index >= 15 is 0 Å². The minimum atomic E-state index is 0.0764. The van der Waals surface area contributed by atoms with Crippen LogP contribution in [-0.2, 0) is 13.1 Å². The normalized spacial score (nSPS) is 19.1. The van der Waals surface area contributed by atoms with E-state index in [1.54, 1.807) is 0 Å². The lowest BCUT2D eigenvalue weighted by Gasteiger charge is -2.46. The van der Waals surface area contributed by atoms with E-state index in [-0.39, 0.29) is 13.2 Å². The summed E-state index contributed by atoms with van der Waals surface area (Å²) in [6.07, 6.45) is 2.22. The van der Waals surface area contributed by atoms with E-state index in [1.165, 1.54) is 11.1 Å². The zero-order chi connectivity index (χ0) is 22.8. The van der Waals surface area contributed by atoms with Crippen molar-refractivity contribution in [1.82, 2.24) is 9.80 Å². The van der Waals surface area contributed by atoms with Gasteiger partial charge in [-0.1, -0.05) is 38.1 Å². The monoisotopic (exact) mass is 432 g/mol. The van der Waals surface area contributed by atoms with Crippen LogP contribution in [0.2, 0.25) is 0 Å². The molecule has 0 bridgehead atoms. The predicted octanol–water partition coefficient (Wildman–Crippen LogP) is 4.37. The number of hydrogen-bond acceptors (Lipinski definition) is 6. The quantitative estimate of drug-likeness (QED) is 0.555. The van der Waals surface area contributed by atoms with E-state index in [1.807, 2.05) is 36.4 Å². The van der Waals surface area contributed by atoms with E-state index in [4.69, 9.17) is 20.0 Å². The molecule has 0 amide bonds. The van der Waals surface area contributed by atoms with Crippen molar-refractivity contribution in [2.24, 2.45) is 0 Å². The van der Waals surface area contributed by atoms with E-state index in [9.17, 15) is 0 Å². The number of rotatable bonds is 10. The zero-order valence-electron chi connectivity index (χ0n) is 19.0. The lowest BCUT2D eigenvalue weighted by atomic mass is 10.00. The lowest BCUT2D eigenvalue weighted by molar-refractivity contribution is 0.0150. The summed E-state index contributed by atoms with van der Waals surface area (Å²) in [5.41, 5.74) is 2.54. The third-order valence-corrected chi connectivity index (χ3v) is 6.09. The first-order chi connectivity index (χ1) is 15.7. The smallest absolute Gasteiger partial charge is 0.174 e. The molecule has 3 rings (SSSR count). The minimum absolute atomic E-state index is 0.0764. The van der Waals surface area contributed by atoms with Gasteiger partial charge in [-0.2, -0.15) is 10.5 Å². The molecule has 2 atom stereocenters. The second kappa shape index (κ2) is 12.1. The summed E-state index contributed by atoms with van der Waals surface area (Å²) in [7, 11) is 0. The third-order valence-electron chi connectivity index (χ3n) is 6.09. The van der Waals surface area contributed by atoms with Crippen molar-refractivity contribution in [3.63, 3.8) is 0 Å². The predicted molar refractivity (Wildman–Crippen MR) is 124 cm³/mol. The molecule has 2 unspecified atom stereocenters. The summed E-state index contributed by atoms with van der Waals surface area (Å²) < 4.78 is 10.7. The molecular weight excluding hydrogens is 400 g/mol. The number of piperazine rings is 1. The molecule has 0 aromatic heterocycles. The Kier molecular flexibility index (Phi) is 8.92. The molecular formula is C26H32N4O2. The van der Waals surface area contributed by atoms with Gasteiger partial charge in [-0.25, -0.2) is 0 Å². The molecule has 1 fully saturated rings. The summed E-state index contributed by atoms with van der Waals surface area (Å²) in [5.74, 6) is 1.48. The van der Waals surface area contributed by atoms with Crippen LogP contribution in [0.15, 0.2) is 48.5 Å². The summed E-state index contributed by atoms with van der Waals surface area (Å²) in [6.45, 7) is 8.62. The standard InChI is InChI=1S/C26H32N4O2/c1-3-23-19-30(18-22-7-11-26(12-8-22)32-16-14-28)24(4-2)20-29(23)17-21-5-9-25(10-6-21)31-15-13-27/h5-12,23-24H,3-4,15-20H2,1-2H3. The van der Waals surface area contributed by atoms with Gasteiger partial charge < -0.3 is 9.47 Å². The zero-order valence-corrected chi connectivity index (χ0v) is 19.0. The molecule has 1 heterocycles. The Bertz CT molecular complexity index is 837. The fraction of sp³-hybridized carbons (Fsp3) is 0.462. The minimum Gasteiger partial charge on any atom is -0.479 e. The van der Waals surface area contributed by atoms with Crippen LogP contribution in [0.5, 0.6) is 11.5 Å². The molecule has 0 N–H and O–H groups in total. The van der Waals surface area contributed by atoms with Crippen LogP contribution in [0.3, 0.4) is 0 Å². The fourth-order valence-corrected chi connectivity index (χ4v) is 4.31. The molecule has 0 radical (unpaired) electrons. The van der Waals surface area contributed by atoms with Gasteiger partial charge >= 0.3 is 0 Å². The van der Waals surface area contributed by atoms with Gasteiger partial charge in [0.1, 0.15) is 23.6 Å². The Hall–Kier alpha value is -3.06. The van der Waals surface area contributed by atoms with Gasteiger partial charge in [-0.3, -0.25) is 9.80 Å². The summed E-state index contributed by atoms with van der Waals surface area (Å²) in [6, 6.07) is 21.2. The molecule has 6 heteroatoms. The number of nitrogens with zero attached hydrogens (tertiary/aromatic N) is 4. The Labute approximate surface area is 191 Å². The first-order valence-electron chi connectivity index (χ1n) is 11.3.